The van der Waals surface area contributed by atoms with Crippen LogP contribution in [-0.4, -0.2) is 82.3 Å². The number of unbranched alkanes of at least 4 members (excludes halogenated alkanes) is 24. The van der Waals surface area contributed by atoms with E-state index in [1.165, 1.54) is 122 Å². The summed E-state index contributed by atoms with van der Waals surface area (Å²) >= 11 is 0. The Morgan fingerprint density at radius 1 is 0.413 bits per heavy atom. The molecule has 0 aromatic heterocycles. The standard InChI is InChI=1S/C66H113NO8/c1-6-8-10-12-14-16-17-18-19-20-21-22-23-24-25-26-27-28-29-30-31-32-33-34-35-36-37-38-39-40-41-42-43-44-45-46-47-49-51-53-55-57-64(69)75-62(61-74-66(65(70)71)72-59-58-67(3,4)5)60-73-63(68)56-54-52-50-48-15-13-11-9-7-2/h8,10,14,16,18-19,21-22,24-25,27-28,30-31,33-34,62,66H,6-7,9,11-13,15,17,20,23,26,29,32,35-61H2,1-5H3/b10-8-,16-14-,19-18-,22-21-,25-24-,28-27-,31-30-,34-33-. The molecule has 0 amide bonds. The number of hydrogen-bond donors (Lipinski definition) is 0. The number of nitrogens with zero attached hydrogens (tertiary/aromatic N) is 1. The molecule has 0 saturated carbocycles. The van der Waals surface area contributed by atoms with Crippen molar-refractivity contribution in [3.05, 3.63) is 97.2 Å². The highest BCUT2D eigenvalue weighted by Gasteiger charge is 2.22. The van der Waals surface area contributed by atoms with E-state index in [4.69, 9.17) is 18.9 Å². The highest BCUT2D eigenvalue weighted by atomic mass is 16.7. The van der Waals surface area contributed by atoms with Gasteiger partial charge in [0.2, 0.25) is 0 Å². The summed E-state index contributed by atoms with van der Waals surface area (Å²) in [5.74, 6) is -2.28. The molecule has 0 N–H and O–H groups in total. The van der Waals surface area contributed by atoms with Crippen molar-refractivity contribution < 1.29 is 42.9 Å². The van der Waals surface area contributed by atoms with Crippen LogP contribution in [0.25, 0.3) is 0 Å². The second kappa shape index (κ2) is 56.4. The molecule has 0 aromatic rings. The smallest absolute Gasteiger partial charge is 0.306 e. The summed E-state index contributed by atoms with van der Waals surface area (Å²) in [5, 5.41) is 11.7. The molecule has 0 saturated heterocycles. The van der Waals surface area contributed by atoms with Crippen LogP contribution in [0.5, 0.6) is 0 Å². The third kappa shape index (κ3) is 57.7. The van der Waals surface area contributed by atoms with Gasteiger partial charge in [0.1, 0.15) is 13.2 Å². The fraction of sp³-hybridized carbons (Fsp3) is 0.712. The summed E-state index contributed by atoms with van der Waals surface area (Å²) in [5.41, 5.74) is 0. The monoisotopic (exact) mass is 1050 g/mol. The van der Waals surface area contributed by atoms with Crippen LogP contribution in [-0.2, 0) is 33.3 Å². The van der Waals surface area contributed by atoms with Crippen molar-refractivity contribution in [3.8, 4) is 0 Å². The van der Waals surface area contributed by atoms with Gasteiger partial charge in [0.25, 0.3) is 0 Å². The first-order valence-electron chi connectivity index (χ1n) is 30.4. The van der Waals surface area contributed by atoms with E-state index >= 15 is 0 Å². The van der Waals surface area contributed by atoms with Crippen LogP contribution in [0, 0.1) is 0 Å². The van der Waals surface area contributed by atoms with Crippen molar-refractivity contribution in [1.29, 1.82) is 0 Å². The molecule has 0 aromatic carbocycles. The molecule has 0 aliphatic rings. The second-order valence-electron chi connectivity index (χ2n) is 21.3. The maximum atomic E-state index is 12.8. The van der Waals surface area contributed by atoms with Crippen molar-refractivity contribution >= 4 is 17.9 Å². The number of quaternary nitrogens is 1. The molecule has 0 rings (SSSR count). The number of rotatable bonds is 55. The predicted octanol–water partition coefficient (Wildman–Crippen LogP) is 16.8. The van der Waals surface area contributed by atoms with Crippen molar-refractivity contribution in [1.82, 2.24) is 0 Å². The van der Waals surface area contributed by atoms with Crippen LogP contribution in [0.1, 0.15) is 245 Å². The topological polar surface area (TPSA) is 111 Å². The molecule has 0 aliphatic carbocycles. The average Bonchev–Trinajstić information content (AvgIpc) is 3.38. The van der Waals surface area contributed by atoms with Gasteiger partial charge in [-0.05, 0) is 77.0 Å². The summed E-state index contributed by atoms with van der Waals surface area (Å²) < 4.78 is 22.6. The quantitative estimate of drug-likeness (QED) is 0.0195. The van der Waals surface area contributed by atoms with Crippen molar-refractivity contribution in [2.45, 2.75) is 257 Å². The first kappa shape index (κ1) is 71.2. The Morgan fingerprint density at radius 3 is 1.13 bits per heavy atom. The summed E-state index contributed by atoms with van der Waals surface area (Å²) in [6, 6.07) is 0. The number of esters is 2. The number of likely N-dealkylation sites (N-methyl/N-ethyl adjacent to an activating group) is 1. The molecule has 2 unspecified atom stereocenters. The fourth-order valence-electron chi connectivity index (χ4n) is 8.20. The normalized spacial score (nSPS) is 13.5. The van der Waals surface area contributed by atoms with Crippen LogP contribution in [0.2, 0.25) is 0 Å². The molecule has 75 heavy (non-hydrogen) atoms. The van der Waals surface area contributed by atoms with Gasteiger partial charge in [0, 0.05) is 12.8 Å². The zero-order valence-corrected chi connectivity index (χ0v) is 48.9. The van der Waals surface area contributed by atoms with Crippen molar-refractivity contribution in [3.63, 3.8) is 0 Å². The maximum absolute atomic E-state index is 12.8. The first-order valence-corrected chi connectivity index (χ1v) is 30.4. The van der Waals surface area contributed by atoms with Crippen molar-refractivity contribution in [2.24, 2.45) is 0 Å². The number of hydrogen-bond acceptors (Lipinski definition) is 8. The van der Waals surface area contributed by atoms with Gasteiger partial charge < -0.3 is 33.3 Å². The largest absolute Gasteiger partial charge is 0.545 e. The lowest BCUT2D eigenvalue weighted by molar-refractivity contribution is -0.870. The molecule has 9 nitrogen and oxygen atoms in total. The minimum Gasteiger partial charge on any atom is -0.545 e. The molecule has 9 heteroatoms. The lowest BCUT2D eigenvalue weighted by Gasteiger charge is -2.26. The van der Waals surface area contributed by atoms with Crippen LogP contribution < -0.4 is 5.11 Å². The second-order valence-corrected chi connectivity index (χ2v) is 21.3. The van der Waals surface area contributed by atoms with Crippen LogP contribution >= 0.6 is 0 Å². The Hall–Kier alpha value is -3.79. The number of allylic oxidation sites excluding steroid dienone is 16. The molecule has 0 radical (unpaired) electrons. The molecular weight excluding hydrogens is 935 g/mol. The molecule has 0 aliphatic heterocycles. The first-order chi connectivity index (χ1) is 36.6. The summed E-state index contributed by atoms with van der Waals surface area (Å²) in [6.45, 7) is 4.61. The SMILES string of the molecule is CC/C=C\C/C=C\C/C=C\C/C=C\C/C=C\C/C=C\C/C=C\C/C=C\CCCCCCCCCCCCCCCCCCC(=O)OC(COC(=O)CCCCCCCCCCC)COC(OCC[N+](C)(C)C)C(=O)[O-]. The number of carbonyl (C=O) groups is 3. The van der Waals surface area contributed by atoms with E-state index in [2.05, 4.69) is 111 Å². The Bertz CT molecular complexity index is 1550. The lowest BCUT2D eigenvalue weighted by Crippen LogP contribution is -2.44. The highest BCUT2D eigenvalue weighted by Crippen LogP contribution is 2.16. The Labute approximate surface area is 461 Å². The van der Waals surface area contributed by atoms with E-state index in [0.717, 1.165) is 89.9 Å². The predicted molar refractivity (Wildman–Crippen MR) is 315 cm³/mol. The van der Waals surface area contributed by atoms with Gasteiger partial charge >= 0.3 is 11.9 Å². The maximum Gasteiger partial charge on any atom is 0.306 e. The average molecular weight is 1050 g/mol. The Morgan fingerprint density at radius 2 is 0.760 bits per heavy atom. The lowest BCUT2D eigenvalue weighted by atomic mass is 10.0. The number of carboxylic acid groups (broad SMARTS) is 1. The number of aliphatic carboxylic acids is 1. The Kier molecular flexibility index (Phi) is 53.6. The third-order valence-electron chi connectivity index (χ3n) is 12.8. The molecule has 430 valence electrons. The molecule has 0 bridgehead atoms. The van der Waals surface area contributed by atoms with E-state index in [0.29, 0.717) is 23.9 Å². The summed E-state index contributed by atoms with van der Waals surface area (Å²) in [4.78, 5) is 37.1. The third-order valence-corrected chi connectivity index (χ3v) is 12.8. The summed E-state index contributed by atoms with van der Waals surface area (Å²) in [6.07, 6.45) is 73.5. The van der Waals surface area contributed by atoms with Crippen LogP contribution in [0.15, 0.2) is 97.2 Å². The fourth-order valence-corrected chi connectivity index (χ4v) is 8.20. The number of carbonyl (C=O) groups excluding carboxylic acids is 3. The molecule has 0 fully saturated rings. The van der Waals surface area contributed by atoms with Crippen LogP contribution in [0.4, 0.5) is 0 Å². The number of ether oxygens (including phenoxy) is 4. The van der Waals surface area contributed by atoms with Gasteiger partial charge in [-0.1, -0.05) is 252 Å². The highest BCUT2D eigenvalue weighted by molar-refractivity contribution is 5.70. The van der Waals surface area contributed by atoms with E-state index in [9.17, 15) is 19.5 Å². The van der Waals surface area contributed by atoms with Gasteiger partial charge in [-0.15, -0.1) is 0 Å². The van der Waals surface area contributed by atoms with E-state index in [1.807, 2.05) is 21.1 Å². The van der Waals surface area contributed by atoms with Gasteiger partial charge in [-0.2, -0.15) is 0 Å². The molecular formula is C66H113NO8. The van der Waals surface area contributed by atoms with Crippen molar-refractivity contribution in [2.75, 3.05) is 47.5 Å². The van der Waals surface area contributed by atoms with E-state index < -0.39 is 24.3 Å². The molecule has 0 heterocycles. The Balaban J connectivity index is 3.96. The van der Waals surface area contributed by atoms with E-state index in [-0.39, 0.29) is 32.2 Å². The zero-order chi connectivity index (χ0) is 54.8. The minimum atomic E-state index is -1.62. The van der Waals surface area contributed by atoms with Gasteiger partial charge in [0.15, 0.2) is 12.4 Å². The van der Waals surface area contributed by atoms with Gasteiger partial charge in [0.05, 0.1) is 40.3 Å². The van der Waals surface area contributed by atoms with Crippen LogP contribution in [0.3, 0.4) is 0 Å². The molecule has 2 atom stereocenters. The summed E-state index contributed by atoms with van der Waals surface area (Å²) in [7, 11) is 5.91. The zero-order valence-electron chi connectivity index (χ0n) is 48.9. The minimum absolute atomic E-state index is 0.147. The van der Waals surface area contributed by atoms with Gasteiger partial charge in [-0.25, -0.2) is 0 Å². The molecule has 0 spiro atoms. The van der Waals surface area contributed by atoms with Gasteiger partial charge in [-0.3, -0.25) is 9.59 Å². The van der Waals surface area contributed by atoms with E-state index in [1.54, 1.807) is 0 Å². The number of carboxylic acids is 1.